The fourth-order valence-corrected chi connectivity index (χ4v) is 1.10. The number of rotatable bonds is 4. The van der Waals surface area contributed by atoms with Crippen molar-refractivity contribution in [3.63, 3.8) is 0 Å². The van der Waals surface area contributed by atoms with Crippen LogP contribution >= 0.6 is 0 Å². The summed E-state index contributed by atoms with van der Waals surface area (Å²) in [6.45, 7) is 2.00. The van der Waals surface area contributed by atoms with Gasteiger partial charge in [-0.1, -0.05) is 78.9 Å². The molecule has 0 amide bonds. The largest absolute Gasteiger partial charge is 0.0877 e. The van der Waals surface area contributed by atoms with Crippen LogP contribution < -0.4 is 0 Å². The second-order valence-electron chi connectivity index (χ2n) is 3.07. The molecule has 0 aliphatic carbocycles. The molecule has 0 aromatic heterocycles. The van der Waals surface area contributed by atoms with Gasteiger partial charge in [-0.15, -0.1) is 0 Å². The van der Waals surface area contributed by atoms with Crippen LogP contribution in [-0.2, 0) is 0 Å². The van der Waals surface area contributed by atoms with Crippen LogP contribution in [0.4, 0.5) is 0 Å². The maximum absolute atomic E-state index is 2.08. The second kappa shape index (κ2) is 7.57. The zero-order valence-electron chi connectivity index (χ0n) is 9.01. The second-order valence-corrected chi connectivity index (χ2v) is 3.07. The van der Waals surface area contributed by atoms with Crippen LogP contribution in [-0.4, -0.2) is 0 Å². The van der Waals surface area contributed by atoms with E-state index in [4.69, 9.17) is 0 Å². The van der Waals surface area contributed by atoms with Gasteiger partial charge in [-0.2, -0.15) is 0 Å². The predicted octanol–water partition coefficient (Wildman–Crippen LogP) is 4.39. The van der Waals surface area contributed by atoms with E-state index in [0.29, 0.717) is 0 Å². The normalized spacial score (nSPS) is 12.6. The molecule has 0 aliphatic heterocycles. The molecular formula is C15H16. The van der Waals surface area contributed by atoms with Gasteiger partial charge in [0, 0.05) is 0 Å². The van der Waals surface area contributed by atoms with Crippen molar-refractivity contribution < 1.29 is 0 Å². The minimum Gasteiger partial charge on any atom is -0.0877 e. The molecule has 0 heteroatoms. The van der Waals surface area contributed by atoms with E-state index in [9.17, 15) is 0 Å². The van der Waals surface area contributed by atoms with E-state index < -0.39 is 0 Å². The third-order valence-electron chi connectivity index (χ3n) is 1.84. The van der Waals surface area contributed by atoms with Crippen LogP contribution in [0.5, 0.6) is 0 Å². The Morgan fingerprint density at radius 3 is 2.00 bits per heavy atom. The zero-order chi connectivity index (χ0) is 10.8. The highest BCUT2D eigenvalue weighted by Crippen LogP contribution is 2.00. The number of allylic oxidation sites excluding steroid dienone is 7. The Morgan fingerprint density at radius 2 is 1.33 bits per heavy atom. The van der Waals surface area contributed by atoms with Gasteiger partial charge in [-0.25, -0.2) is 0 Å². The van der Waals surface area contributed by atoms with E-state index in [0.717, 1.165) is 0 Å². The highest BCUT2D eigenvalue weighted by Gasteiger charge is 1.78. The SMILES string of the molecule is CC=CC=CC=CC=Cc1ccccc1. The van der Waals surface area contributed by atoms with E-state index in [1.807, 2.05) is 67.7 Å². The molecule has 1 aromatic carbocycles. The van der Waals surface area contributed by atoms with Crippen LogP contribution in [0.2, 0.25) is 0 Å². The number of hydrogen-bond donors (Lipinski definition) is 0. The van der Waals surface area contributed by atoms with Crippen molar-refractivity contribution in [1.82, 2.24) is 0 Å². The Balaban J connectivity index is 2.40. The molecule has 0 saturated carbocycles. The molecule has 0 nitrogen and oxygen atoms in total. The van der Waals surface area contributed by atoms with E-state index in [1.54, 1.807) is 0 Å². The Hall–Kier alpha value is -1.82. The first kappa shape index (κ1) is 11.3. The molecule has 0 heterocycles. The molecule has 0 fully saturated rings. The zero-order valence-corrected chi connectivity index (χ0v) is 9.01. The fourth-order valence-electron chi connectivity index (χ4n) is 1.10. The summed E-state index contributed by atoms with van der Waals surface area (Å²) < 4.78 is 0. The molecule has 0 saturated heterocycles. The van der Waals surface area contributed by atoms with Crippen LogP contribution in [0, 0.1) is 0 Å². The maximum atomic E-state index is 2.08. The summed E-state index contributed by atoms with van der Waals surface area (Å²) in [4.78, 5) is 0. The number of benzene rings is 1. The molecule has 0 unspecified atom stereocenters. The quantitative estimate of drug-likeness (QED) is 0.626. The minimum atomic E-state index is 1.22. The van der Waals surface area contributed by atoms with E-state index in [-0.39, 0.29) is 0 Å². The van der Waals surface area contributed by atoms with Crippen molar-refractivity contribution in [2.45, 2.75) is 6.92 Å². The van der Waals surface area contributed by atoms with Gasteiger partial charge in [-0.3, -0.25) is 0 Å². The average Bonchev–Trinajstić information content (AvgIpc) is 2.29. The summed E-state index contributed by atoms with van der Waals surface area (Å²) in [5.41, 5.74) is 1.22. The monoisotopic (exact) mass is 196 g/mol. The molecule has 0 bridgehead atoms. The van der Waals surface area contributed by atoms with Crippen molar-refractivity contribution in [3.8, 4) is 0 Å². The lowest BCUT2D eigenvalue weighted by molar-refractivity contribution is 1.66. The average molecular weight is 196 g/mol. The van der Waals surface area contributed by atoms with Crippen LogP contribution in [0.25, 0.3) is 6.08 Å². The maximum Gasteiger partial charge on any atom is -0.0257 e. The summed E-state index contributed by atoms with van der Waals surface area (Å²) >= 11 is 0. The molecule has 0 N–H and O–H groups in total. The lowest BCUT2D eigenvalue weighted by Crippen LogP contribution is -1.66. The summed E-state index contributed by atoms with van der Waals surface area (Å²) in [5, 5.41) is 0. The lowest BCUT2D eigenvalue weighted by Gasteiger charge is -1.87. The van der Waals surface area contributed by atoms with Crippen LogP contribution in [0.15, 0.2) is 72.9 Å². The van der Waals surface area contributed by atoms with Gasteiger partial charge in [0.25, 0.3) is 0 Å². The first-order valence-electron chi connectivity index (χ1n) is 5.11. The van der Waals surface area contributed by atoms with Crippen molar-refractivity contribution >= 4 is 6.08 Å². The summed E-state index contributed by atoms with van der Waals surface area (Å²) in [6, 6.07) is 10.3. The molecule has 1 aromatic rings. The Labute approximate surface area is 92.0 Å². The topological polar surface area (TPSA) is 0 Å². The molecule has 0 atom stereocenters. The van der Waals surface area contributed by atoms with Crippen LogP contribution in [0.1, 0.15) is 12.5 Å². The fraction of sp³-hybridized carbons (Fsp3) is 0.0667. The van der Waals surface area contributed by atoms with Crippen molar-refractivity contribution in [2.75, 3.05) is 0 Å². The number of hydrogen-bond acceptors (Lipinski definition) is 0. The van der Waals surface area contributed by atoms with E-state index in [1.165, 1.54) is 5.56 Å². The van der Waals surface area contributed by atoms with Gasteiger partial charge in [0.05, 0.1) is 0 Å². The molecule has 0 aliphatic rings. The first-order chi connectivity index (χ1) is 7.43. The molecule has 0 spiro atoms. The predicted molar refractivity (Wildman–Crippen MR) is 68.6 cm³/mol. The van der Waals surface area contributed by atoms with E-state index >= 15 is 0 Å². The van der Waals surface area contributed by atoms with Gasteiger partial charge in [0.1, 0.15) is 0 Å². The highest BCUT2D eigenvalue weighted by molar-refractivity contribution is 5.50. The molecule has 0 radical (unpaired) electrons. The van der Waals surface area contributed by atoms with Gasteiger partial charge in [-0.05, 0) is 12.5 Å². The Bertz CT molecular complexity index is 364. The van der Waals surface area contributed by atoms with Gasteiger partial charge < -0.3 is 0 Å². The van der Waals surface area contributed by atoms with E-state index in [2.05, 4.69) is 18.2 Å². The summed E-state index contributed by atoms with van der Waals surface area (Å²) in [6.07, 6.45) is 16.2. The molecule has 1 rings (SSSR count). The summed E-state index contributed by atoms with van der Waals surface area (Å²) in [5.74, 6) is 0. The lowest BCUT2D eigenvalue weighted by atomic mass is 10.2. The Morgan fingerprint density at radius 1 is 0.733 bits per heavy atom. The molecule has 76 valence electrons. The minimum absolute atomic E-state index is 1.22. The van der Waals surface area contributed by atoms with Gasteiger partial charge >= 0.3 is 0 Å². The van der Waals surface area contributed by atoms with Crippen LogP contribution in [0.3, 0.4) is 0 Å². The summed E-state index contributed by atoms with van der Waals surface area (Å²) in [7, 11) is 0. The third kappa shape index (κ3) is 5.48. The molecule has 15 heavy (non-hydrogen) atoms. The van der Waals surface area contributed by atoms with Gasteiger partial charge in [0.15, 0.2) is 0 Å². The molecular weight excluding hydrogens is 180 g/mol. The van der Waals surface area contributed by atoms with Crippen molar-refractivity contribution in [2.24, 2.45) is 0 Å². The third-order valence-corrected chi connectivity index (χ3v) is 1.84. The smallest absolute Gasteiger partial charge is 0.0257 e. The Kier molecular flexibility index (Phi) is 5.68. The standard InChI is InChI=1S/C15H16/c1-2-3-4-5-6-7-9-12-15-13-10-8-11-14-15/h2-14H,1H3. The highest BCUT2D eigenvalue weighted by atomic mass is 13.8. The van der Waals surface area contributed by atoms with Crippen molar-refractivity contribution in [1.29, 1.82) is 0 Å². The van der Waals surface area contributed by atoms with Crippen molar-refractivity contribution in [3.05, 3.63) is 78.4 Å². The van der Waals surface area contributed by atoms with Gasteiger partial charge in [0.2, 0.25) is 0 Å². The first-order valence-corrected chi connectivity index (χ1v) is 5.11.